The molecule has 1 atom stereocenters. The van der Waals surface area contributed by atoms with Gasteiger partial charge < -0.3 is 20.1 Å². The molecule has 2 aromatic carbocycles. The number of carbonyl (C=O) groups excluding carboxylic acids is 2. The monoisotopic (exact) mass is 432 g/mol. The first-order chi connectivity index (χ1) is 14.8. The van der Waals surface area contributed by atoms with Crippen molar-refractivity contribution in [3.8, 4) is 22.7 Å². The van der Waals surface area contributed by atoms with Gasteiger partial charge in [-0.2, -0.15) is 0 Å². The van der Waals surface area contributed by atoms with Crippen molar-refractivity contribution in [2.24, 2.45) is 0 Å². The quantitative estimate of drug-likeness (QED) is 0.644. The highest BCUT2D eigenvalue weighted by atomic mass is 19.4. The highest BCUT2D eigenvalue weighted by molar-refractivity contribution is 5.96. The number of hydrogen-bond donors (Lipinski definition) is 2. The number of cyclic esters (lactones) is 1. The molecule has 2 amide bonds. The second kappa shape index (κ2) is 8.01. The number of nitrogens with one attached hydrogen (secondary N) is 2. The van der Waals surface area contributed by atoms with Crippen LogP contribution in [-0.4, -0.2) is 40.8 Å². The van der Waals surface area contributed by atoms with Crippen LogP contribution in [0.3, 0.4) is 0 Å². The molecule has 8 nitrogen and oxygen atoms in total. The summed E-state index contributed by atoms with van der Waals surface area (Å²) in [6.45, 7) is 0.0216. The molecule has 1 saturated heterocycles. The van der Waals surface area contributed by atoms with Crippen molar-refractivity contribution in [2.45, 2.75) is 12.5 Å². The van der Waals surface area contributed by atoms with Crippen LogP contribution in [0, 0.1) is 0 Å². The van der Waals surface area contributed by atoms with Gasteiger partial charge in [0.05, 0.1) is 17.9 Å². The lowest BCUT2D eigenvalue weighted by Gasteiger charge is -2.11. The van der Waals surface area contributed by atoms with Gasteiger partial charge in [-0.3, -0.25) is 4.79 Å². The lowest BCUT2D eigenvalue weighted by Crippen LogP contribution is -2.30. The van der Waals surface area contributed by atoms with E-state index in [2.05, 4.69) is 20.5 Å². The zero-order chi connectivity index (χ0) is 22.0. The lowest BCUT2D eigenvalue weighted by molar-refractivity contribution is -0.274. The van der Waals surface area contributed by atoms with Crippen molar-refractivity contribution >= 4 is 17.8 Å². The third kappa shape index (κ3) is 4.77. The summed E-state index contributed by atoms with van der Waals surface area (Å²) >= 11 is 0. The number of halogens is 3. The summed E-state index contributed by atoms with van der Waals surface area (Å²) in [5.74, 6) is -0.842. The van der Waals surface area contributed by atoms with Crippen LogP contribution < -0.4 is 15.4 Å². The maximum absolute atomic E-state index is 12.6. The van der Waals surface area contributed by atoms with Gasteiger partial charge in [0.15, 0.2) is 11.9 Å². The summed E-state index contributed by atoms with van der Waals surface area (Å²) in [6.07, 6.45) is -6.54. The number of anilines is 1. The van der Waals surface area contributed by atoms with E-state index in [9.17, 15) is 22.8 Å². The van der Waals surface area contributed by atoms with Crippen LogP contribution in [-0.2, 0) is 9.53 Å². The molecule has 31 heavy (non-hydrogen) atoms. The number of para-hydroxylation sites is 1. The van der Waals surface area contributed by atoms with Gasteiger partial charge in [0.25, 0.3) is 5.91 Å². The van der Waals surface area contributed by atoms with E-state index in [1.807, 2.05) is 0 Å². The van der Waals surface area contributed by atoms with E-state index in [4.69, 9.17) is 4.74 Å². The lowest BCUT2D eigenvalue weighted by atomic mass is 10.1. The number of aromatic nitrogens is 2. The molecule has 0 bridgehead atoms. The summed E-state index contributed by atoms with van der Waals surface area (Å²) in [7, 11) is 0. The summed E-state index contributed by atoms with van der Waals surface area (Å²) in [5.41, 5.74) is 1.41. The van der Waals surface area contributed by atoms with Gasteiger partial charge in [-0.25, -0.2) is 9.48 Å². The van der Waals surface area contributed by atoms with Crippen LogP contribution in [0.1, 0.15) is 0 Å². The normalized spacial score (nSPS) is 15.8. The fourth-order valence-electron chi connectivity index (χ4n) is 3.01. The maximum Gasteiger partial charge on any atom is 0.573 e. The van der Waals surface area contributed by atoms with Crippen LogP contribution in [0.15, 0.2) is 60.7 Å². The number of alkyl carbamates (subject to hydrolysis) is 1. The summed E-state index contributed by atoms with van der Waals surface area (Å²) in [4.78, 5) is 23.5. The van der Waals surface area contributed by atoms with Crippen molar-refractivity contribution in [3.63, 3.8) is 0 Å². The molecule has 0 radical (unpaired) electrons. The van der Waals surface area contributed by atoms with Crippen molar-refractivity contribution in [2.75, 3.05) is 11.9 Å². The van der Waals surface area contributed by atoms with E-state index in [1.165, 1.54) is 28.9 Å². The van der Waals surface area contributed by atoms with E-state index >= 15 is 0 Å². The van der Waals surface area contributed by atoms with Crippen molar-refractivity contribution < 1.29 is 32.2 Å². The molecule has 1 aliphatic rings. The minimum atomic E-state index is -4.83. The molecule has 0 spiro atoms. The molecule has 11 heteroatoms. The van der Waals surface area contributed by atoms with E-state index in [0.717, 1.165) is 0 Å². The number of hydrogen-bond acceptors (Lipinski definition) is 5. The first-order valence-corrected chi connectivity index (χ1v) is 9.05. The van der Waals surface area contributed by atoms with Crippen molar-refractivity contribution in [1.82, 2.24) is 15.1 Å². The number of nitrogens with zero attached hydrogens (tertiary/aromatic N) is 2. The fraction of sp³-hybridized carbons (Fsp3) is 0.150. The van der Waals surface area contributed by atoms with Crippen LogP contribution >= 0.6 is 0 Å². The molecule has 1 fully saturated rings. The number of carbonyl (C=O) groups is 2. The van der Waals surface area contributed by atoms with Gasteiger partial charge in [0.2, 0.25) is 0 Å². The fourth-order valence-corrected chi connectivity index (χ4v) is 3.01. The molecule has 0 aliphatic carbocycles. The van der Waals surface area contributed by atoms with Crippen LogP contribution in [0.5, 0.6) is 5.75 Å². The molecule has 3 aromatic rings. The summed E-state index contributed by atoms with van der Waals surface area (Å²) < 4.78 is 48.2. The molecule has 4 rings (SSSR count). The number of rotatable bonds is 5. The Kier molecular flexibility index (Phi) is 5.24. The van der Waals surface area contributed by atoms with Gasteiger partial charge in [0.1, 0.15) is 5.75 Å². The molecule has 2 heterocycles. The zero-order valence-electron chi connectivity index (χ0n) is 15.7. The smallest absolute Gasteiger partial charge is 0.434 e. The van der Waals surface area contributed by atoms with Gasteiger partial charge in [-0.05, 0) is 24.3 Å². The molecular weight excluding hydrogens is 417 g/mol. The number of benzene rings is 2. The Labute approximate surface area is 173 Å². The summed E-state index contributed by atoms with van der Waals surface area (Å²) in [6, 6.07) is 15.8. The Bertz CT molecular complexity index is 1120. The van der Waals surface area contributed by atoms with E-state index in [0.29, 0.717) is 16.9 Å². The second-order valence-electron chi connectivity index (χ2n) is 6.50. The highest BCUT2D eigenvalue weighted by Crippen LogP contribution is 2.31. The molecule has 1 aliphatic heterocycles. The van der Waals surface area contributed by atoms with Gasteiger partial charge in [-0.15, -0.1) is 18.3 Å². The van der Waals surface area contributed by atoms with E-state index < -0.39 is 24.5 Å². The predicted octanol–water partition coefficient (Wildman–Crippen LogP) is 3.48. The van der Waals surface area contributed by atoms with Gasteiger partial charge >= 0.3 is 12.5 Å². The Balaban J connectivity index is 1.69. The Hall–Kier alpha value is -4.02. The molecule has 0 unspecified atom stereocenters. The van der Waals surface area contributed by atoms with Crippen molar-refractivity contribution in [3.05, 3.63) is 60.7 Å². The zero-order valence-corrected chi connectivity index (χ0v) is 15.7. The van der Waals surface area contributed by atoms with Crippen molar-refractivity contribution in [1.29, 1.82) is 0 Å². The van der Waals surface area contributed by atoms with E-state index in [-0.39, 0.29) is 18.1 Å². The third-order valence-corrected chi connectivity index (χ3v) is 4.30. The molecule has 1 aromatic heterocycles. The first-order valence-electron chi connectivity index (χ1n) is 9.05. The number of amides is 2. The van der Waals surface area contributed by atoms with Crippen LogP contribution in [0.4, 0.5) is 23.8 Å². The predicted molar refractivity (Wildman–Crippen MR) is 103 cm³/mol. The largest absolute Gasteiger partial charge is 0.573 e. The van der Waals surface area contributed by atoms with E-state index in [1.54, 1.807) is 36.4 Å². The topological polar surface area (TPSA) is 94.5 Å². The molecular formula is C20H15F3N4O4. The Morgan fingerprint density at radius 1 is 1.16 bits per heavy atom. The molecule has 160 valence electrons. The Morgan fingerprint density at radius 2 is 1.94 bits per heavy atom. The summed E-state index contributed by atoms with van der Waals surface area (Å²) in [5, 5.41) is 9.29. The van der Waals surface area contributed by atoms with Crippen LogP contribution in [0.25, 0.3) is 16.9 Å². The number of ether oxygens (including phenoxy) is 2. The van der Waals surface area contributed by atoms with Gasteiger partial charge in [0, 0.05) is 11.6 Å². The maximum atomic E-state index is 12.6. The molecule has 2 N–H and O–H groups in total. The second-order valence-corrected chi connectivity index (χ2v) is 6.50. The number of alkyl halides is 3. The van der Waals surface area contributed by atoms with Crippen LogP contribution in [0.2, 0.25) is 0 Å². The third-order valence-electron chi connectivity index (χ3n) is 4.30. The minimum absolute atomic E-state index is 0.0216. The van der Waals surface area contributed by atoms with Gasteiger partial charge in [-0.1, -0.05) is 30.3 Å². The minimum Gasteiger partial charge on any atom is -0.434 e. The SMILES string of the molecule is O=C1NC[C@@H](C(=O)Nc2cc(-c3cccc(OC(F)(F)F)c3)n(-c3ccccc3)n2)O1. The average Bonchev–Trinajstić information content (AvgIpc) is 3.34. The highest BCUT2D eigenvalue weighted by Gasteiger charge is 2.32. The Morgan fingerprint density at radius 3 is 2.61 bits per heavy atom. The standard InChI is InChI=1S/C20H15F3N4O4/c21-20(22,23)31-14-8-4-5-12(9-14)15-10-17(25-18(28)16-11-24-19(29)30-16)26-27(15)13-6-2-1-3-7-13/h1-10,16H,11H2,(H,24,29)(H,25,26,28)/t16-/m0/s1. The first kappa shape index (κ1) is 20.3. The average molecular weight is 432 g/mol. The molecule has 0 saturated carbocycles.